The van der Waals surface area contributed by atoms with Gasteiger partial charge in [0.05, 0.1) is 28.6 Å². The largest absolute Gasteiger partial charge is 0.392 e. The van der Waals surface area contributed by atoms with Crippen molar-refractivity contribution >= 4 is 39.0 Å². The SMILES string of the molecule is CO[C@@H]1CC[C@@H](ON=C(C(=O)Nc2cnc(N3CCCC3=O)cn2)c2ccc(S(=O)(=O)C3CC3)cc2)C1. The Labute approximate surface area is 215 Å². The van der Waals surface area contributed by atoms with Crippen LogP contribution in [0.25, 0.3) is 0 Å². The number of aromatic nitrogens is 2. The third-order valence-electron chi connectivity index (χ3n) is 6.83. The van der Waals surface area contributed by atoms with Crippen molar-refractivity contribution in [1.29, 1.82) is 0 Å². The molecule has 2 atom stereocenters. The fourth-order valence-electron chi connectivity index (χ4n) is 4.53. The van der Waals surface area contributed by atoms with Crippen molar-refractivity contribution in [2.45, 2.75) is 67.3 Å². The molecule has 12 heteroatoms. The van der Waals surface area contributed by atoms with Crippen LogP contribution in [-0.4, -0.2) is 67.0 Å². The molecule has 2 aromatic rings. The summed E-state index contributed by atoms with van der Waals surface area (Å²) in [6.45, 7) is 0.588. The van der Waals surface area contributed by atoms with Gasteiger partial charge in [-0.05, 0) is 44.2 Å². The predicted octanol–water partition coefficient (Wildman–Crippen LogP) is 2.47. The second kappa shape index (κ2) is 10.5. The van der Waals surface area contributed by atoms with E-state index >= 15 is 0 Å². The van der Waals surface area contributed by atoms with E-state index in [1.165, 1.54) is 24.5 Å². The molecular formula is C25H29N5O6S. The fraction of sp³-hybridized carbons (Fsp3) is 0.480. The van der Waals surface area contributed by atoms with E-state index in [0.717, 1.165) is 19.3 Å². The van der Waals surface area contributed by atoms with Crippen molar-refractivity contribution < 1.29 is 27.6 Å². The van der Waals surface area contributed by atoms with Crippen LogP contribution in [0.15, 0.2) is 46.7 Å². The smallest absolute Gasteiger partial charge is 0.279 e. The number of oxime groups is 1. The van der Waals surface area contributed by atoms with Crippen LogP contribution in [-0.2, 0) is 29.0 Å². The second-order valence-corrected chi connectivity index (χ2v) is 11.7. The van der Waals surface area contributed by atoms with E-state index in [1.807, 2.05) is 0 Å². The van der Waals surface area contributed by atoms with Crippen LogP contribution < -0.4 is 10.2 Å². The zero-order valence-electron chi connectivity index (χ0n) is 20.5. The molecule has 0 spiro atoms. The maximum atomic E-state index is 13.2. The van der Waals surface area contributed by atoms with E-state index in [1.54, 1.807) is 24.1 Å². The average molecular weight is 528 g/mol. The van der Waals surface area contributed by atoms with Gasteiger partial charge in [-0.2, -0.15) is 0 Å². The number of nitrogens with one attached hydrogen (secondary N) is 1. The highest BCUT2D eigenvalue weighted by atomic mass is 32.2. The lowest BCUT2D eigenvalue weighted by atomic mass is 10.1. The van der Waals surface area contributed by atoms with Gasteiger partial charge in [-0.1, -0.05) is 17.3 Å². The molecular weight excluding hydrogens is 498 g/mol. The van der Waals surface area contributed by atoms with E-state index in [4.69, 9.17) is 9.57 Å². The Morgan fingerprint density at radius 2 is 1.84 bits per heavy atom. The van der Waals surface area contributed by atoms with Crippen LogP contribution in [0.2, 0.25) is 0 Å². The highest BCUT2D eigenvalue weighted by Crippen LogP contribution is 2.33. The molecule has 0 radical (unpaired) electrons. The van der Waals surface area contributed by atoms with E-state index in [2.05, 4.69) is 20.4 Å². The summed E-state index contributed by atoms with van der Waals surface area (Å²) in [6, 6.07) is 6.09. The summed E-state index contributed by atoms with van der Waals surface area (Å²) in [7, 11) is -1.71. The van der Waals surface area contributed by atoms with Gasteiger partial charge in [0.15, 0.2) is 27.2 Å². The molecule has 1 aromatic carbocycles. The number of rotatable bonds is 9. The van der Waals surface area contributed by atoms with Gasteiger partial charge in [0.2, 0.25) is 5.91 Å². The lowest BCUT2D eigenvalue weighted by Crippen LogP contribution is -2.27. The molecule has 11 nitrogen and oxygen atoms in total. The molecule has 3 fully saturated rings. The molecule has 2 aliphatic carbocycles. The topological polar surface area (TPSA) is 140 Å². The summed E-state index contributed by atoms with van der Waals surface area (Å²) < 4.78 is 30.5. The number of benzene rings is 1. The van der Waals surface area contributed by atoms with Crippen molar-refractivity contribution in [3.8, 4) is 0 Å². The van der Waals surface area contributed by atoms with Crippen LogP contribution in [0.3, 0.4) is 0 Å². The van der Waals surface area contributed by atoms with Gasteiger partial charge in [-0.3, -0.25) is 14.5 Å². The number of hydrogen-bond acceptors (Lipinski definition) is 9. The van der Waals surface area contributed by atoms with Crippen LogP contribution in [0.1, 0.15) is 50.5 Å². The second-order valence-electron chi connectivity index (χ2n) is 9.47. The van der Waals surface area contributed by atoms with Gasteiger partial charge < -0.3 is 14.9 Å². The Balaban J connectivity index is 1.35. The Bertz CT molecular complexity index is 1290. The number of carbonyl (C=O) groups excluding carboxylic acids is 2. The molecule has 2 amide bonds. The summed E-state index contributed by atoms with van der Waals surface area (Å²) in [4.78, 5) is 41.1. The fourth-order valence-corrected chi connectivity index (χ4v) is 6.18. The van der Waals surface area contributed by atoms with E-state index in [0.29, 0.717) is 43.6 Å². The maximum Gasteiger partial charge on any atom is 0.279 e. The first-order valence-corrected chi connectivity index (χ1v) is 13.9. The standard InChI is InChI=1S/C25H29N5O6S/c1-35-17-6-7-18(13-17)36-29-24(16-4-8-19(9-5-16)37(33,34)20-10-11-20)25(32)28-21-14-27-22(15-26-21)30-12-2-3-23(30)31/h4-5,8-9,14-15,17-18,20H,2-3,6-7,10-13H2,1H3,(H,26,28,32)/t17-,18-/m1/s1. The quantitative estimate of drug-likeness (QED) is 0.387. The molecule has 5 rings (SSSR count). The van der Waals surface area contributed by atoms with Crippen LogP contribution >= 0.6 is 0 Å². The Morgan fingerprint density at radius 1 is 1.08 bits per heavy atom. The first-order chi connectivity index (χ1) is 17.8. The molecule has 3 aliphatic rings. The highest BCUT2D eigenvalue weighted by Gasteiger charge is 2.37. The van der Waals surface area contributed by atoms with Gasteiger partial charge in [-0.25, -0.2) is 18.4 Å². The number of hydrogen-bond donors (Lipinski definition) is 1. The third-order valence-corrected chi connectivity index (χ3v) is 9.11. The van der Waals surface area contributed by atoms with Crippen molar-refractivity contribution in [2.75, 3.05) is 23.9 Å². The number of amides is 2. The van der Waals surface area contributed by atoms with Crippen molar-refractivity contribution in [3.05, 3.63) is 42.2 Å². The van der Waals surface area contributed by atoms with E-state index < -0.39 is 15.7 Å². The summed E-state index contributed by atoms with van der Waals surface area (Å²) >= 11 is 0. The number of sulfone groups is 1. The van der Waals surface area contributed by atoms with Crippen LogP contribution in [0.5, 0.6) is 0 Å². The lowest BCUT2D eigenvalue weighted by molar-refractivity contribution is -0.117. The minimum atomic E-state index is -3.36. The molecule has 0 bridgehead atoms. The van der Waals surface area contributed by atoms with E-state index in [-0.39, 0.29) is 39.8 Å². The Hall–Kier alpha value is -3.38. The van der Waals surface area contributed by atoms with Crippen LogP contribution in [0.4, 0.5) is 11.6 Å². The molecule has 0 unspecified atom stereocenters. The molecule has 1 aromatic heterocycles. The van der Waals surface area contributed by atoms with Crippen molar-refractivity contribution in [2.24, 2.45) is 5.16 Å². The average Bonchev–Trinajstić information content (AvgIpc) is 3.54. The van der Waals surface area contributed by atoms with Gasteiger partial charge >= 0.3 is 0 Å². The molecule has 37 heavy (non-hydrogen) atoms. The summed E-state index contributed by atoms with van der Waals surface area (Å²) in [5.74, 6) is 0.0197. The van der Waals surface area contributed by atoms with E-state index in [9.17, 15) is 18.0 Å². The predicted molar refractivity (Wildman–Crippen MR) is 135 cm³/mol. The van der Waals surface area contributed by atoms with Crippen LogP contribution in [0, 0.1) is 0 Å². The number of carbonyl (C=O) groups is 2. The Morgan fingerprint density at radius 3 is 2.43 bits per heavy atom. The van der Waals surface area contributed by atoms with Crippen molar-refractivity contribution in [3.63, 3.8) is 0 Å². The zero-order valence-corrected chi connectivity index (χ0v) is 21.3. The maximum absolute atomic E-state index is 13.2. The number of nitrogens with zero attached hydrogens (tertiary/aromatic N) is 4. The highest BCUT2D eigenvalue weighted by molar-refractivity contribution is 7.92. The number of anilines is 2. The van der Waals surface area contributed by atoms with Crippen molar-refractivity contribution in [1.82, 2.24) is 9.97 Å². The normalized spacial score (nSPS) is 22.4. The number of ether oxygens (including phenoxy) is 1. The zero-order chi connectivity index (χ0) is 26.0. The summed E-state index contributed by atoms with van der Waals surface area (Å²) in [6.07, 6.45) is 7.54. The number of methoxy groups -OCH3 is 1. The third kappa shape index (κ3) is 5.64. The summed E-state index contributed by atoms with van der Waals surface area (Å²) in [5.41, 5.74) is 0.387. The molecule has 1 N–H and O–H groups in total. The monoisotopic (exact) mass is 527 g/mol. The molecule has 2 saturated carbocycles. The van der Waals surface area contributed by atoms with Gasteiger partial charge in [0, 0.05) is 32.1 Å². The molecule has 1 saturated heterocycles. The summed E-state index contributed by atoms with van der Waals surface area (Å²) in [5, 5.41) is 6.51. The minimum Gasteiger partial charge on any atom is -0.392 e. The lowest BCUT2D eigenvalue weighted by Gasteiger charge is -2.14. The Kier molecular flexibility index (Phi) is 7.20. The van der Waals surface area contributed by atoms with Gasteiger partial charge in [0.25, 0.3) is 5.91 Å². The van der Waals surface area contributed by atoms with Gasteiger partial charge in [0.1, 0.15) is 6.10 Å². The first-order valence-electron chi connectivity index (χ1n) is 12.4. The molecule has 2 heterocycles. The molecule has 1 aliphatic heterocycles. The van der Waals surface area contributed by atoms with Gasteiger partial charge in [-0.15, -0.1) is 0 Å². The minimum absolute atomic E-state index is 0.00701. The first kappa shape index (κ1) is 25.3. The molecule has 196 valence electrons.